The lowest BCUT2D eigenvalue weighted by atomic mass is 10.0. The average molecular weight is 438 g/mol. The SMILES string of the molecule is CCCCc1ccc(S(=O)(=O)Nc2ccccc2CCc2ccc(C(=O)O)cc2)cc1. The number of hydrogen-bond acceptors (Lipinski definition) is 3. The third kappa shape index (κ3) is 6.18. The van der Waals surface area contributed by atoms with Crippen molar-refractivity contribution in [3.8, 4) is 0 Å². The Morgan fingerprint density at radius 1 is 0.839 bits per heavy atom. The number of aryl methyl sites for hydroxylation is 3. The van der Waals surface area contributed by atoms with Gasteiger partial charge in [-0.1, -0.05) is 55.8 Å². The molecule has 2 N–H and O–H groups in total. The smallest absolute Gasteiger partial charge is 0.335 e. The van der Waals surface area contributed by atoms with Gasteiger partial charge in [0, 0.05) is 0 Å². The van der Waals surface area contributed by atoms with Crippen molar-refractivity contribution in [2.75, 3.05) is 4.72 Å². The van der Waals surface area contributed by atoms with E-state index in [0.717, 1.165) is 36.0 Å². The number of carboxylic acid groups (broad SMARTS) is 1. The van der Waals surface area contributed by atoms with Crippen molar-refractivity contribution >= 4 is 21.7 Å². The van der Waals surface area contributed by atoms with Gasteiger partial charge in [-0.15, -0.1) is 0 Å². The first-order valence-corrected chi connectivity index (χ1v) is 11.9. The van der Waals surface area contributed by atoms with E-state index in [-0.39, 0.29) is 10.5 Å². The lowest BCUT2D eigenvalue weighted by Gasteiger charge is -2.13. The molecule has 162 valence electrons. The van der Waals surface area contributed by atoms with Crippen molar-refractivity contribution < 1.29 is 18.3 Å². The molecule has 0 saturated carbocycles. The van der Waals surface area contributed by atoms with Gasteiger partial charge in [0.2, 0.25) is 0 Å². The molecule has 3 rings (SSSR count). The maximum atomic E-state index is 12.9. The topological polar surface area (TPSA) is 83.5 Å². The van der Waals surface area contributed by atoms with Crippen LogP contribution in [0.15, 0.2) is 77.7 Å². The van der Waals surface area contributed by atoms with Crippen molar-refractivity contribution in [3.63, 3.8) is 0 Å². The Morgan fingerprint density at radius 2 is 1.45 bits per heavy atom. The predicted octanol–water partition coefficient (Wildman–Crippen LogP) is 5.31. The molecule has 0 fully saturated rings. The maximum Gasteiger partial charge on any atom is 0.335 e. The molecule has 0 aromatic heterocycles. The fourth-order valence-corrected chi connectivity index (χ4v) is 4.45. The van der Waals surface area contributed by atoms with Crippen LogP contribution in [-0.4, -0.2) is 19.5 Å². The molecule has 0 aliphatic heterocycles. The van der Waals surface area contributed by atoms with E-state index in [2.05, 4.69) is 11.6 Å². The number of para-hydroxylation sites is 1. The minimum absolute atomic E-state index is 0.242. The molecular formula is C25H27NO4S. The Labute approximate surface area is 183 Å². The second-order valence-corrected chi connectivity index (χ2v) is 9.19. The molecule has 0 saturated heterocycles. The monoisotopic (exact) mass is 437 g/mol. The molecule has 0 heterocycles. The predicted molar refractivity (Wildman–Crippen MR) is 123 cm³/mol. The van der Waals surface area contributed by atoms with Crippen LogP contribution in [-0.2, 0) is 29.3 Å². The molecule has 5 nitrogen and oxygen atoms in total. The lowest BCUT2D eigenvalue weighted by molar-refractivity contribution is 0.0697. The molecule has 0 aliphatic carbocycles. The number of carboxylic acids is 1. The lowest BCUT2D eigenvalue weighted by Crippen LogP contribution is -2.14. The zero-order valence-corrected chi connectivity index (χ0v) is 18.4. The number of sulfonamides is 1. The molecular weight excluding hydrogens is 410 g/mol. The molecule has 0 spiro atoms. The quantitative estimate of drug-likeness (QED) is 0.450. The molecule has 0 radical (unpaired) electrons. The largest absolute Gasteiger partial charge is 0.478 e. The number of hydrogen-bond donors (Lipinski definition) is 2. The summed E-state index contributed by atoms with van der Waals surface area (Å²) in [5, 5.41) is 9.01. The van der Waals surface area contributed by atoms with Crippen LogP contribution >= 0.6 is 0 Å². The van der Waals surface area contributed by atoms with E-state index in [9.17, 15) is 13.2 Å². The van der Waals surface area contributed by atoms with Crippen LogP contribution in [0.2, 0.25) is 0 Å². The molecule has 0 amide bonds. The minimum Gasteiger partial charge on any atom is -0.478 e. The van der Waals surface area contributed by atoms with Crippen molar-refractivity contribution in [3.05, 3.63) is 95.1 Å². The van der Waals surface area contributed by atoms with E-state index in [1.54, 1.807) is 48.5 Å². The van der Waals surface area contributed by atoms with Crippen LogP contribution in [0, 0.1) is 0 Å². The molecule has 0 atom stereocenters. The Balaban J connectivity index is 1.71. The number of anilines is 1. The van der Waals surface area contributed by atoms with Crippen LogP contribution in [0.25, 0.3) is 0 Å². The minimum atomic E-state index is -3.69. The summed E-state index contributed by atoms with van der Waals surface area (Å²) in [6.45, 7) is 2.13. The number of nitrogens with one attached hydrogen (secondary N) is 1. The number of aromatic carboxylic acids is 1. The summed E-state index contributed by atoms with van der Waals surface area (Å²) >= 11 is 0. The van der Waals surface area contributed by atoms with Crippen LogP contribution < -0.4 is 4.72 Å². The first-order valence-electron chi connectivity index (χ1n) is 10.4. The van der Waals surface area contributed by atoms with E-state index in [1.165, 1.54) is 0 Å². The van der Waals surface area contributed by atoms with E-state index in [1.807, 2.05) is 24.3 Å². The van der Waals surface area contributed by atoms with Gasteiger partial charge in [-0.2, -0.15) is 0 Å². The van der Waals surface area contributed by atoms with Gasteiger partial charge in [0.05, 0.1) is 16.1 Å². The highest BCUT2D eigenvalue weighted by Crippen LogP contribution is 2.22. The van der Waals surface area contributed by atoms with Crippen LogP contribution in [0.1, 0.15) is 46.8 Å². The molecule has 3 aromatic carbocycles. The van der Waals surface area contributed by atoms with Gasteiger partial charge in [0.25, 0.3) is 10.0 Å². The number of unbranched alkanes of at least 4 members (excludes halogenated alkanes) is 1. The Bertz CT molecular complexity index is 1120. The third-order valence-corrected chi connectivity index (χ3v) is 6.58. The van der Waals surface area contributed by atoms with Crippen LogP contribution in [0.3, 0.4) is 0 Å². The van der Waals surface area contributed by atoms with E-state index in [0.29, 0.717) is 18.5 Å². The second-order valence-electron chi connectivity index (χ2n) is 7.51. The normalized spacial score (nSPS) is 11.3. The number of rotatable bonds is 10. The Morgan fingerprint density at radius 3 is 2.10 bits per heavy atom. The summed E-state index contributed by atoms with van der Waals surface area (Å²) in [6, 6.07) is 21.1. The van der Waals surface area contributed by atoms with E-state index < -0.39 is 16.0 Å². The summed E-state index contributed by atoms with van der Waals surface area (Å²) in [5.74, 6) is -0.954. The Kier molecular flexibility index (Phi) is 7.47. The van der Waals surface area contributed by atoms with Crippen LogP contribution in [0.4, 0.5) is 5.69 Å². The highest BCUT2D eigenvalue weighted by atomic mass is 32.2. The molecule has 6 heteroatoms. The van der Waals surface area contributed by atoms with Gasteiger partial charge in [-0.3, -0.25) is 4.72 Å². The maximum absolute atomic E-state index is 12.9. The summed E-state index contributed by atoms with van der Waals surface area (Å²) in [6.07, 6.45) is 4.42. The second kappa shape index (κ2) is 10.3. The van der Waals surface area contributed by atoms with E-state index >= 15 is 0 Å². The highest BCUT2D eigenvalue weighted by Gasteiger charge is 2.16. The summed E-state index contributed by atoms with van der Waals surface area (Å²) in [5.41, 5.74) is 3.81. The van der Waals surface area contributed by atoms with E-state index in [4.69, 9.17) is 5.11 Å². The standard InChI is InChI=1S/C25H27NO4S/c1-2-3-6-19-12-17-23(18-13-19)31(29,30)26-24-8-5-4-7-21(24)14-9-20-10-15-22(16-11-20)25(27)28/h4-5,7-8,10-13,15-18,26H,2-3,6,9,14H2,1H3,(H,27,28). The van der Waals surface area contributed by atoms with Gasteiger partial charge in [-0.25, -0.2) is 13.2 Å². The number of benzene rings is 3. The zero-order valence-electron chi connectivity index (χ0n) is 17.5. The molecule has 3 aromatic rings. The van der Waals surface area contributed by atoms with Crippen molar-refractivity contribution in [1.29, 1.82) is 0 Å². The van der Waals surface area contributed by atoms with Gasteiger partial charge >= 0.3 is 5.97 Å². The summed E-state index contributed by atoms with van der Waals surface area (Å²) < 4.78 is 28.5. The summed E-state index contributed by atoms with van der Waals surface area (Å²) in [7, 11) is -3.69. The first-order chi connectivity index (χ1) is 14.9. The van der Waals surface area contributed by atoms with Gasteiger partial charge in [-0.05, 0) is 72.7 Å². The molecule has 31 heavy (non-hydrogen) atoms. The average Bonchev–Trinajstić information content (AvgIpc) is 2.77. The fourth-order valence-electron chi connectivity index (χ4n) is 3.35. The summed E-state index contributed by atoms with van der Waals surface area (Å²) in [4.78, 5) is 11.2. The third-order valence-electron chi connectivity index (χ3n) is 5.20. The van der Waals surface area contributed by atoms with Crippen LogP contribution in [0.5, 0.6) is 0 Å². The van der Waals surface area contributed by atoms with Crippen molar-refractivity contribution in [2.45, 2.75) is 43.9 Å². The fraction of sp³-hybridized carbons (Fsp3) is 0.240. The highest BCUT2D eigenvalue weighted by molar-refractivity contribution is 7.92. The molecule has 0 aliphatic rings. The number of carbonyl (C=O) groups is 1. The van der Waals surface area contributed by atoms with Crippen molar-refractivity contribution in [2.24, 2.45) is 0 Å². The van der Waals surface area contributed by atoms with Crippen molar-refractivity contribution in [1.82, 2.24) is 0 Å². The Hall–Kier alpha value is -3.12. The van der Waals surface area contributed by atoms with Gasteiger partial charge in [0.15, 0.2) is 0 Å². The molecule has 0 bridgehead atoms. The van der Waals surface area contributed by atoms with Gasteiger partial charge < -0.3 is 5.11 Å². The zero-order chi connectivity index (χ0) is 22.3. The molecule has 0 unspecified atom stereocenters. The van der Waals surface area contributed by atoms with Gasteiger partial charge in [0.1, 0.15) is 0 Å². The first kappa shape index (κ1) is 22.6.